The van der Waals surface area contributed by atoms with E-state index >= 15 is 0 Å². The van der Waals surface area contributed by atoms with E-state index in [9.17, 15) is 34.8 Å². The first-order valence-electron chi connectivity index (χ1n) is 15.6. The molecule has 2 heterocycles. The molecule has 16 heteroatoms. The van der Waals surface area contributed by atoms with Crippen LogP contribution in [0.4, 0.5) is 38.0 Å². The summed E-state index contributed by atoms with van der Waals surface area (Å²) in [7, 11) is -2.09. The molecule has 1 aliphatic rings. The molecule has 1 aromatic carbocycles. The number of nitrogens with zero attached hydrogens (tertiary/aromatic N) is 4. The molecule has 0 spiro atoms. The van der Waals surface area contributed by atoms with E-state index in [2.05, 4.69) is 25.2 Å². The molecule has 0 atom stereocenters. The number of methoxy groups -OCH3 is 1. The summed E-state index contributed by atoms with van der Waals surface area (Å²) in [5, 5.41) is 3.00. The smallest absolute Gasteiger partial charge is 0.417 e. The van der Waals surface area contributed by atoms with Gasteiger partial charge in [-0.2, -0.15) is 26.3 Å². The van der Waals surface area contributed by atoms with Gasteiger partial charge < -0.3 is 19.7 Å². The topological polar surface area (TPSA) is 107 Å². The van der Waals surface area contributed by atoms with E-state index in [1.54, 1.807) is 13.0 Å². The summed E-state index contributed by atoms with van der Waals surface area (Å²) < 4.78 is 119. The zero-order chi connectivity index (χ0) is 35.3. The molecule has 264 valence electrons. The van der Waals surface area contributed by atoms with Gasteiger partial charge in [0.15, 0.2) is 15.6 Å². The van der Waals surface area contributed by atoms with E-state index in [0.29, 0.717) is 30.1 Å². The monoisotopic (exact) mass is 703 g/mol. The largest absolute Gasteiger partial charge is 0.488 e. The second-order valence-electron chi connectivity index (χ2n) is 11.6. The highest BCUT2D eigenvalue weighted by molar-refractivity contribution is 7.90. The molecule has 0 bridgehead atoms. The fourth-order valence-electron chi connectivity index (χ4n) is 5.81. The lowest BCUT2D eigenvalue weighted by molar-refractivity contribution is -0.161. The minimum Gasteiger partial charge on any atom is -0.488 e. The summed E-state index contributed by atoms with van der Waals surface area (Å²) in [6.45, 7) is 4.66. The Hall–Kier alpha value is -3.82. The Balaban J connectivity index is 1.82. The summed E-state index contributed by atoms with van der Waals surface area (Å²) in [6.07, 6.45) is -5.15. The van der Waals surface area contributed by atoms with Gasteiger partial charge in [-0.1, -0.05) is 31.9 Å². The molecule has 4 rings (SSSR count). The van der Waals surface area contributed by atoms with Crippen LogP contribution in [-0.2, 0) is 35.2 Å². The summed E-state index contributed by atoms with van der Waals surface area (Å²) in [5.41, 5.74) is -3.87. The number of aromatic nitrogens is 3. The highest BCUT2D eigenvalue weighted by atomic mass is 32.2. The number of benzene rings is 1. The standard InChI is InChI=1S/C32H39F6N5O4S/c1-5-23-29(47-16-17-48(4,44)45)28(21-12-9-13-22(31(33,34)35)27(21)32(36,37)38)42-30(41-23)39-18-24-25(14-15-26(40-24)46-3)43(6-2)19-20-10-7-8-11-20/h9,12-15,20H,5-8,10-11,16-19H2,1-4H3,(H,39,41,42). The Kier molecular flexibility index (Phi) is 11.7. The highest BCUT2D eigenvalue weighted by Crippen LogP contribution is 2.47. The van der Waals surface area contributed by atoms with Crippen molar-refractivity contribution in [3.05, 3.63) is 52.8 Å². The van der Waals surface area contributed by atoms with Crippen molar-refractivity contribution in [1.29, 1.82) is 0 Å². The molecular weight excluding hydrogens is 664 g/mol. The van der Waals surface area contributed by atoms with Gasteiger partial charge in [0.2, 0.25) is 11.8 Å². The zero-order valence-corrected chi connectivity index (χ0v) is 27.9. The molecule has 1 fully saturated rings. The molecule has 0 amide bonds. The number of halogens is 6. The van der Waals surface area contributed by atoms with E-state index in [0.717, 1.165) is 43.5 Å². The Morgan fingerprint density at radius 1 is 0.958 bits per heavy atom. The van der Waals surface area contributed by atoms with Gasteiger partial charge in [-0.05, 0) is 44.2 Å². The first-order valence-corrected chi connectivity index (χ1v) is 17.6. The van der Waals surface area contributed by atoms with E-state index < -0.39 is 56.9 Å². The van der Waals surface area contributed by atoms with Crippen LogP contribution in [0.5, 0.6) is 11.6 Å². The number of hydrogen-bond donors (Lipinski definition) is 1. The molecule has 48 heavy (non-hydrogen) atoms. The van der Waals surface area contributed by atoms with Gasteiger partial charge in [-0.3, -0.25) is 0 Å². The quantitative estimate of drug-likeness (QED) is 0.175. The van der Waals surface area contributed by atoms with Crippen molar-refractivity contribution in [3.63, 3.8) is 0 Å². The first-order chi connectivity index (χ1) is 22.6. The number of hydrogen-bond acceptors (Lipinski definition) is 9. The van der Waals surface area contributed by atoms with Crippen LogP contribution in [0.15, 0.2) is 30.3 Å². The number of sulfone groups is 1. The van der Waals surface area contributed by atoms with Crippen molar-refractivity contribution < 1.29 is 44.2 Å². The third kappa shape index (κ3) is 9.20. The molecule has 3 aromatic rings. The van der Waals surface area contributed by atoms with Crippen molar-refractivity contribution >= 4 is 21.5 Å². The first kappa shape index (κ1) is 37.0. The minimum atomic E-state index is -5.43. The molecule has 0 aliphatic heterocycles. The summed E-state index contributed by atoms with van der Waals surface area (Å²) in [4.78, 5) is 15.5. The van der Waals surface area contributed by atoms with Gasteiger partial charge in [0, 0.05) is 31.0 Å². The summed E-state index contributed by atoms with van der Waals surface area (Å²) in [6, 6.07) is 5.68. The fourth-order valence-corrected chi connectivity index (χ4v) is 6.19. The van der Waals surface area contributed by atoms with Crippen molar-refractivity contribution in [3.8, 4) is 22.9 Å². The molecule has 0 saturated heterocycles. The van der Waals surface area contributed by atoms with Gasteiger partial charge in [-0.25, -0.2) is 23.4 Å². The molecule has 0 radical (unpaired) electrons. The number of aryl methyl sites for hydroxylation is 1. The van der Waals surface area contributed by atoms with Crippen LogP contribution in [0.2, 0.25) is 0 Å². The SMILES string of the molecule is CCc1nc(NCc2nc(OC)ccc2N(CC)CC2CCCC2)nc(-c2cccc(C(F)(F)F)c2C(F)(F)F)c1OCCS(C)(=O)=O. The third-order valence-electron chi connectivity index (χ3n) is 8.10. The van der Waals surface area contributed by atoms with Crippen molar-refractivity contribution in [2.75, 3.05) is 49.0 Å². The van der Waals surface area contributed by atoms with Crippen molar-refractivity contribution in [2.24, 2.45) is 5.92 Å². The van der Waals surface area contributed by atoms with Crippen LogP contribution < -0.4 is 19.7 Å². The second kappa shape index (κ2) is 15.2. The van der Waals surface area contributed by atoms with Crippen LogP contribution in [0, 0.1) is 5.92 Å². The maximum Gasteiger partial charge on any atom is 0.417 e. The maximum atomic E-state index is 14.4. The molecule has 1 aliphatic carbocycles. The summed E-state index contributed by atoms with van der Waals surface area (Å²) in [5.74, 6) is -0.167. The molecule has 2 aromatic heterocycles. The number of rotatable bonds is 14. The number of pyridine rings is 1. The molecular formula is C32H39F6N5O4S. The van der Waals surface area contributed by atoms with E-state index in [1.165, 1.54) is 20.0 Å². The second-order valence-corrected chi connectivity index (χ2v) is 13.8. The van der Waals surface area contributed by atoms with Gasteiger partial charge in [0.25, 0.3) is 0 Å². The van der Waals surface area contributed by atoms with Crippen LogP contribution in [-0.4, -0.2) is 62.2 Å². The average Bonchev–Trinajstić information content (AvgIpc) is 3.54. The van der Waals surface area contributed by atoms with Crippen LogP contribution >= 0.6 is 0 Å². The number of nitrogens with one attached hydrogen (secondary N) is 1. The predicted molar refractivity (Wildman–Crippen MR) is 170 cm³/mol. The lowest BCUT2D eigenvalue weighted by Crippen LogP contribution is -2.30. The predicted octanol–water partition coefficient (Wildman–Crippen LogP) is 7.20. The van der Waals surface area contributed by atoms with Crippen molar-refractivity contribution in [1.82, 2.24) is 15.0 Å². The van der Waals surface area contributed by atoms with Gasteiger partial charge in [0.05, 0.1) is 47.6 Å². The Labute approximate surface area is 276 Å². The zero-order valence-electron chi connectivity index (χ0n) is 27.1. The van der Waals surface area contributed by atoms with Crippen LogP contribution in [0.1, 0.15) is 62.0 Å². The average molecular weight is 704 g/mol. The third-order valence-corrected chi connectivity index (χ3v) is 9.01. The number of ether oxygens (including phenoxy) is 2. The molecule has 0 unspecified atom stereocenters. The van der Waals surface area contributed by atoms with E-state index in [1.807, 2.05) is 13.0 Å². The fraction of sp³-hybridized carbons (Fsp3) is 0.531. The van der Waals surface area contributed by atoms with Crippen molar-refractivity contribution in [2.45, 2.75) is 64.8 Å². The maximum absolute atomic E-state index is 14.4. The van der Waals surface area contributed by atoms with Gasteiger partial charge in [-0.15, -0.1) is 0 Å². The summed E-state index contributed by atoms with van der Waals surface area (Å²) >= 11 is 0. The highest BCUT2D eigenvalue weighted by Gasteiger charge is 2.45. The van der Waals surface area contributed by atoms with E-state index in [4.69, 9.17) is 9.47 Å². The molecule has 1 saturated carbocycles. The van der Waals surface area contributed by atoms with Crippen LogP contribution in [0.3, 0.4) is 0 Å². The van der Waals surface area contributed by atoms with Crippen LogP contribution in [0.25, 0.3) is 11.3 Å². The normalized spacial score (nSPS) is 14.3. The lowest BCUT2D eigenvalue weighted by atomic mass is 9.96. The Morgan fingerprint density at radius 2 is 1.67 bits per heavy atom. The Morgan fingerprint density at radius 3 is 2.25 bits per heavy atom. The minimum absolute atomic E-state index is 0.000699. The lowest BCUT2D eigenvalue weighted by Gasteiger charge is -2.28. The number of anilines is 2. The van der Waals surface area contributed by atoms with Gasteiger partial charge in [0.1, 0.15) is 12.3 Å². The molecule has 9 nitrogen and oxygen atoms in total. The van der Waals surface area contributed by atoms with Gasteiger partial charge >= 0.3 is 12.4 Å². The molecule has 1 N–H and O–H groups in total. The number of alkyl halides is 6. The Bertz CT molecular complexity index is 1680. The van der Waals surface area contributed by atoms with E-state index in [-0.39, 0.29) is 30.4 Å².